The summed E-state index contributed by atoms with van der Waals surface area (Å²) in [7, 11) is 2.12. The van der Waals surface area contributed by atoms with Gasteiger partial charge in [-0.05, 0) is 31.3 Å². The lowest BCUT2D eigenvalue weighted by Crippen LogP contribution is -2.45. The molecule has 3 aromatic rings. The Labute approximate surface area is 167 Å². The van der Waals surface area contributed by atoms with E-state index in [0.717, 1.165) is 32.0 Å². The van der Waals surface area contributed by atoms with Gasteiger partial charge in [-0.25, -0.2) is 4.98 Å². The summed E-state index contributed by atoms with van der Waals surface area (Å²) in [6.07, 6.45) is 2.18. The predicted molar refractivity (Wildman–Crippen MR) is 107 cm³/mol. The monoisotopic (exact) mass is 400 g/mol. The summed E-state index contributed by atoms with van der Waals surface area (Å²) in [5, 5.41) is 16.3. The van der Waals surface area contributed by atoms with E-state index in [0.29, 0.717) is 28.7 Å². The van der Waals surface area contributed by atoms with Gasteiger partial charge in [-0.2, -0.15) is 4.52 Å². The van der Waals surface area contributed by atoms with Crippen molar-refractivity contribution >= 4 is 34.8 Å². The van der Waals surface area contributed by atoms with E-state index in [1.165, 1.54) is 6.20 Å². The van der Waals surface area contributed by atoms with E-state index in [-0.39, 0.29) is 12.3 Å². The molecule has 10 heteroatoms. The van der Waals surface area contributed by atoms with Gasteiger partial charge in [0, 0.05) is 45.2 Å². The zero-order valence-corrected chi connectivity index (χ0v) is 16.3. The fourth-order valence-electron chi connectivity index (χ4n) is 3.06. The number of carbonyl (C=O) groups excluding carboxylic acids is 1. The molecule has 0 bridgehead atoms. The molecule has 0 unspecified atom stereocenters. The largest absolute Gasteiger partial charge is 0.353 e. The summed E-state index contributed by atoms with van der Waals surface area (Å²) in [5.41, 5.74) is 0.674. The second kappa shape index (κ2) is 8.07. The Morgan fingerprint density at radius 2 is 1.96 bits per heavy atom. The molecule has 1 aliphatic rings. The highest BCUT2D eigenvalue weighted by molar-refractivity contribution is 6.30. The third-order valence-corrected chi connectivity index (χ3v) is 4.93. The van der Waals surface area contributed by atoms with Crippen molar-refractivity contribution in [1.29, 1.82) is 0 Å². The van der Waals surface area contributed by atoms with Crippen LogP contribution >= 0.6 is 11.6 Å². The first kappa shape index (κ1) is 18.6. The molecular formula is C18H21ClN8O. The number of pyridine rings is 1. The average molecular weight is 401 g/mol. The zero-order valence-electron chi connectivity index (χ0n) is 15.5. The van der Waals surface area contributed by atoms with E-state index in [1.54, 1.807) is 16.6 Å². The highest BCUT2D eigenvalue weighted by Crippen LogP contribution is 2.15. The van der Waals surface area contributed by atoms with Crippen molar-refractivity contribution in [1.82, 2.24) is 29.7 Å². The molecule has 9 nitrogen and oxygen atoms in total. The normalized spacial score (nSPS) is 15.1. The molecule has 1 amide bonds. The minimum atomic E-state index is -0.151. The first-order valence-corrected chi connectivity index (χ1v) is 9.52. The summed E-state index contributed by atoms with van der Waals surface area (Å²) in [5.74, 6) is 1.87. The molecule has 28 heavy (non-hydrogen) atoms. The molecule has 4 heterocycles. The predicted octanol–water partition coefficient (Wildman–Crippen LogP) is 1.50. The summed E-state index contributed by atoms with van der Waals surface area (Å²) in [6, 6.07) is 7.23. The molecule has 1 fully saturated rings. The Morgan fingerprint density at radius 1 is 1.14 bits per heavy atom. The number of likely N-dealkylation sites (N-methyl/N-ethyl adjacent to an activating group) is 1. The van der Waals surface area contributed by atoms with E-state index < -0.39 is 0 Å². The van der Waals surface area contributed by atoms with E-state index in [9.17, 15) is 4.79 Å². The van der Waals surface area contributed by atoms with E-state index in [4.69, 9.17) is 16.7 Å². The van der Waals surface area contributed by atoms with Gasteiger partial charge in [-0.1, -0.05) is 11.6 Å². The summed E-state index contributed by atoms with van der Waals surface area (Å²) < 4.78 is 1.72. The van der Waals surface area contributed by atoms with Crippen LogP contribution < -0.4 is 10.2 Å². The molecule has 1 N–H and O–H groups in total. The van der Waals surface area contributed by atoms with Crippen molar-refractivity contribution < 1.29 is 4.79 Å². The molecule has 146 valence electrons. The van der Waals surface area contributed by atoms with Crippen LogP contribution in [-0.4, -0.2) is 68.8 Å². The second-order valence-electron chi connectivity index (χ2n) is 6.78. The van der Waals surface area contributed by atoms with Crippen molar-refractivity contribution in [2.75, 3.05) is 43.4 Å². The second-order valence-corrected chi connectivity index (χ2v) is 7.21. The molecule has 0 spiro atoms. The Bertz CT molecular complexity index is 965. The lowest BCUT2D eigenvalue weighted by atomic mass is 10.3. The van der Waals surface area contributed by atoms with E-state index in [2.05, 4.69) is 37.3 Å². The minimum absolute atomic E-state index is 0.151. The molecule has 4 rings (SSSR count). The summed E-state index contributed by atoms with van der Waals surface area (Å²) >= 11 is 5.80. The lowest BCUT2D eigenvalue weighted by Gasteiger charge is -2.33. The maximum absolute atomic E-state index is 12.2. The molecule has 1 saturated heterocycles. The summed E-state index contributed by atoms with van der Waals surface area (Å²) in [6.45, 7) is 3.88. The smallest absolute Gasteiger partial charge is 0.225 e. The van der Waals surface area contributed by atoms with Crippen LogP contribution in [0.4, 0.5) is 11.6 Å². The lowest BCUT2D eigenvalue weighted by molar-refractivity contribution is -0.116. The quantitative estimate of drug-likeness (QED) is 0.693. The number of hydrogen-bond donors (Lipinski definition) is 1. The summed E-state index contributed by atoms with van der Waals surface area (Å²) in [4.78, 5) is 20.8. The van der Waals surface area contributed by atoms with Gasteiger partial charge in [0.25, 0.3) is 0 Å². The molecule has 0 aromatic carbocycles. The third-order valence-electron chi connectivity index (χ3n) is 4.71. The topological polar surface area (TPSA) is 91.5 Å². The molecule has 0 aliphatic carbocycles. The highest BCUT2D eigenvalue weighted by atomic mass is 35.5. The SMILES string of the molecule is CN1CCN(c2ccc3nnc(CCC(=O)Nc4ccc(Cl)cn4)n3n2)CC1. The molecule has 0 radical (unpaired) electrons. The first-order valence-electron chi connectivity index (χ1n) is 9.15. The number of nitrogens with zero attached hydrogens (tertiary/aromatic N) is 7. The number of piperazine rings is 1. The van der Waals surface area contributed by atoms with Crippen LogP contribution in [0.5, 0.6) is 0 Å². The van der Waals surface area contributed by atoms with Gasteiger partial charge in [-0.15, -0.1) is 15.3 Å². The van der Waals surface area contributed by atoms with Crippen molar-refractivity contribution in [3.63, 3.8) is 0 Å². The fourth-order valence-corrected chi connectivity index (χ4v) is 3.18. The van der Waals surface area contributed by atoms with Crippen molar-refractivity contribution in [2.24, 2.45) is 0 Å². The number of anilines is 2. The molecule has 0 saturated carbocycles. The Morgan fingerprint density at radius 3 is 2.71 bits per heavy atom. The van der Waals surface area contributed by atoms with Gasteiger partial charge in [0.1, 0.15) is 11.6 Å². The number of aryl methyl sites for hydroxylation is 1. The van der Waals surface area contributed by atoms with Crippen LogP contribution in [0.15, 0.2) is 30.5 Å². The number of aromatic nitrogens is 5. The molecule has 1 aliphatic heterocycles. The van der Waals surface area contributed by atoms with Crippen LogP contribution in [0.1, 0.15) is 12.2 Å². The number of fused-ring (bicyclic) bond motifs is 1. The van der Waals surface area contributed by atoms with Gasteiger partial charge in [0.2, 0.25) is 5.91 Å². The molecular weight excluding hydrogens is 380 g/mol. The number of halogens is 1. The maximum Gasteiger partial charge on any atom is 0.225 e. The third kappa shape index (κ3) is 4.20. The number of nitrogens with one attached hydrogen (secondary N) is 1. The first-order chi connectivity index (χ1) is 13.6. The van der Waals surface area contributed by atoms with Gasteiger partial charge in [-0.3, -0.25) is 4.79 Å². The van der Waals surface area contributed by atoms with E-state index in [1.807, 2.05) is 12.1 Å². The van der Waals surface area contributed by atoms with Crippen LogP contribution in [0.3, 0.4) is 0 Å². The number of amides is 1. The van der Waals surface area contributed by atoms with Crippen LogP contribution in [0.25, 0.3) is 5.65 Å². The van der Waals surface area contributed by atoms with Crippen LogP contribution in [0, 0.1) is 0 Å². The van der Waals surface area contributed by atoms with E-state index >= 15 is 0 Å². The minimum Gasteiger partial charge on any atom is -0.353 e. The Balaban J connectivity index is 1.42. The van der Waals surface area contributed by atoms with Crippen molar-refractivity contribution in [3.05, 3.63) is 41.3 Å². The zero-order chi connectivity index (χ0) is 19.5. The Hall–Kier alpha value is -2.78. The van der Waals surface area contributed by atoms with Crippen LogP contribution in [0.2, 0.25) is 5.02 Å². The van der Waals surface area contributed by atoms with Gasteiger partial charge in [0.05, 0.1) is 5.02 Å². The van der Waals surface area contributed by atoms with Crippen molar-refractivity contribution in [3.8, 4) is 0 Å². The maximum atomic E-state index is 12.2. The molecule has 0 atom stereocenters. The van der Waals surface area contributed by atoms with Gasteiger partial charge in [0.15, 0.2) is 11.5 Å². The van der Waals surface area contributed by atoms with Gasteiger partial charge < -0.3 is 15.1 Å². The number of rotatable bonds is 5. The highest BCUT2D eigenvalue weighted by Gasteiger charge is 2.17. The number of carbonyl (C=O) groups is 1. The molecule has 3 aromatic heterocycles. The average Bonchev–Trinajstić information content (AvgIpc) is 3.11. The fraction of sp³-hybridized carbons (Fsp3) is 0.389. The number of hydrogen-bond acceptors (Lipinski definition) is 7. The standard InChI is InChI=1S/C18H21ClN8O/c1-25-8-10-26(11-9-25)17-5-4-15-22-23-16(27(15)24-17)6-7-18(28)21-14-3-2-13(19)12-20-14/h2-5,12H,6-11H2,1H3,(H,20,21,28). The van der Waals surface area contributed by atoms with Crippen molar-refractivity contribution in [2.45, 2.75) is 12.8 Å². The van der Waals surface area contributed by atoms with Crippen LogP contribution in [-0.2, 0) is 11.2 Å². The Kier molecular flexibility index (Phi) is 5.36. The van der Waals surface area contributed by atoms with Gasteiger partial charge >= 0.3 is 0 Å².